The number of carbonyl (C=O) groups is 1. The summed E-state index contributed by atoms with van der Waals surface area (Å²) >= 11 is 0. The average molecular weight is 547 g/mol. The number of rotatable bonds is 8. The third-order valence-corrected chi connectivity index (χ3v) is 7.67. The number of hydrogen-bond donors (Lipinski definition) is 0. The molecule has 0 spiro atoms. The van der Waals surface area contributed by atoms with Gasteiger partial charge in [-0.15, -0.1) is 0 Å². The molecule has 208 valence electrons. The summed E-state index contributed by atoms with van der Waals surface area (Å²) in [6.07, 6.45) is 1.79. The second-order valence-electron chi connectivity index (χ2n) is 10.4. The van der Waals surface area contributed by atoms with Gasteiger partial charge in [0.1, 0.15) is 5.75 Å². The quantitative estimate of drug-likeness (QED) is 0.263. The van der Waals surface area contributed by atoms with E-state index in [-0.39, 0.29) is 12.6 Å². The van der Waals surface area contributed by atoms with Crippen molar-refractivity contribution in [1.82, 2.24) is 29.4 Å². The summed E-state index contributed by atoms with van der Waals surface area (Å²) in [7, 11) is 0. The Balaban J connectivity index is 1.01. The molecule has 0 atom stereocenters. The van der Waals surface area contributed by atoms with Crippen LogP contribution in [0.3, 0.4) is 0 Å². The summed E-state index contributed by atoms with van der Waals surface area (Å²) in [5, 5.41) is 9.27. The maximum absolute atomic E-state index is 13.2. The first-order valence-electron chi connectivity index (χ1n) is 14.0. The van der Waals surface area contributed by atoms with Crippen LogP contribution in [0.2, 0.25) is 0 Å². The predicted octanol–water partition coefficient (Wildman–Crippen LogP) is 5.35. The molecule has 3 aromatic carbocycles. The summed E-state index contributed by atoms with van der Waals surface area (Å²) in [4.78, 5) is 17.5. The minimum atomic E-state index is -0.0418. The third-order valence-electron chi connectivity index (χ3n) is 7.67. The van der Waals surface area contributed by atoms with E-state index in [1.165, 1.54) is 11.1 Å². The van der Waals surface area contributed by atoms with Gasteiger partial charge < -0.3 is 9.64 Å². The summed E-state index contributed by atoms with van der Waals surface area (Å²) in [5.74, 6) is 0.712. The lowest BCUT2D eigenvalue weighted by Crippen LogP contribution is -2.48. The Morgan fingerprint density at radius 2 is 1.44 bits per heavy atom. The van der Waals surface area contributed by atoms with Gasteiger partial charge in [0.2, 0.25) is 0 Å². The fourth-order valence-electron chi connectivity index (χ4n) is 5.28. The minimum Gasteiger partial charge on any atom is -0.471 e. The molecule has 8 nitrogen and oxygen atoms in total. The Kier molecular flexibility index (Phi) is 7.65. The van der Waals surface area contributed by atoms with E-state index in [1.807, 2.05) is 70.2 Å². The Morgan fingerprint density at radius 3 is 2.15 bits per heavy atom. The van der Waals surface area contributed by atoms with Crippen molar-refractivity contribution in [2.75, 3.05) is 26.2 Å². The van der Waals surface area contributed by atoms with Gasteiger partial charge in [-0.05, 0) is 55.3 Å². The Morgan fingerprint density at radius 1 is 0.780 bits per heavy atom. The number of hydrogen-bond acceptors (Lipinski definition) is 5. The molecule has 5 aromatic rings. The number of amides is 1. The number of piperazine rings is 1. The summed E-state index contributed by atoms with van der Waals surface area (Å²) in [6.45, 7) is 8.21. The lowest BCUT2D eigenvalue weighted by molar-refractivity contribution is 0.0620. The largest absolute Gasteiger partial charge is 0.471 e. The molecule has 8 heteroatoms. The average Bonchev–Trinajstić information content (AvgIpc) is 3.61. The zero-order valence-corrected chi connectivity index (χ0v) is 23.5. The fourth-order valence-corrected chi connectivity index (χ4v) is 5.28. The SMILES string of the molecule is Cc1nn(-c2ccccc2)c(C)c1CN1CCN(C(=O)c2ccn(COc3ccc(-c4ccccc4)cc3)n2)CC1. The Bertz CT molecular complexity index is 1600. The van der Waals surface area contributed by atoms with E-state index >= 15 is 0 Å². The van der Waals surface area contributed by atoms with Crippen molar-refractivity contribution in [1.29, 1.82) is 0 Å². The molecule has 0 aliphatic carbocycles. The molecule has 0 unspecified atom stereocenters. The molecule has 0 radical (unpaired) electrons. The van der Waals surface area contributed by atoms with Crippen molar-refractivity contribution in [3.63, 3.8) is 0 Å². The zero-order valence-electron chi connectivity index (χ0n) is 23.5. The van der Waals surface area contributed by atoms with E-state index < -0.39 is 0 Å². The van der Waals surface area contributed by atoms with Gasteiger partial charge in [-0.3, -0.25) is 9.69 Å². The first-order valence-corrected chi connectivity index (χ1v) is 14.0. The maximum Gasteiger partial charge on any atom is 0.274 e. The number of aromatic nitrogens is 4. The van der Waals surface area contributed by atoms with Crippen molar-refractivity contribution in [3.05, 3.63) is 120 Å². The molecule has 2 aromatic heterocycles. The molecule has 41 heavy (non-hydrogen) atoms. The number of para-hydroxylation sites is 1. The first kappa shape index (κ1) is 26.5. The van der Waals surface area contributed by atoms with Crippen LogP contribution in [0.15, 0.2) is 97.2 Å². The van der Waals surface area contributed by atoms with Crippen molar-refractivity contribution in [2.45, 2.75) is 27.1 Å². The van der Waals surface area contributed by atoms with Gasteiger partial charge in [0.05, 0.1) is 11.4 Å². The highest BCUT2D eigenvalue weighted by Gasteiger charge is 2.25. The van der Waals surface area contributed by atoms with Crippen molar-refractivity contribution in [2.24, 2.45) is 0 Å². The van der Waals surface area contributed by atoms with Crippen LogP contribution in [0.4, 0.5) is 0 Å². The molecule has 1 fully saturated rings. The summed E-state index contributed by atoms with van der Waals surface area (Å²) in [6, 6.07) is 30.2. The van der Waals surface area contributed by atoms with Gasteiger partial charge in [0.25, 0.3) is 5.91 Å². The molecule has 1 amide bonds. The molecular formula is C33H34N6O2. The number of carbonyl (C=O) groups excluding carboxylic acids is 1. The van der Waals surface area contributed by atoms with Crippen LogP contribution in [-0.4, -0.2) is 61.4 Å². The molecule has 1 saturated heterocycles. The first-order chi connectivity index (χ1) is 20.0. The normalized spacial score (nSPS) is 13.9. The third kappa shape index (κ3) is 5.93. The lowest BCUT2D eigenvalue weighted by Gasteiger charge is -2.34. The predicted molar refractivity (Wildman–Crippen MR) is 159 cm³/mol. The van der Waals surface area contributed by atoms with E-state index in [2.05, 4.69) is 48.1 Å². The van der Waals surface area contributed by atoms with Crippen LogP contribution in [0, 0.1) is 13.8 Å². The topological polar surface area (TPSA) is 68.4 Å². The van der Waals surface area contributed by atoms with Crippen LogP contribution < -0.4 is 4.74 Å². The number of ether oxygens (including phenoxy) is 1. The van der Waals surface area contributed by atoms with Gasteiger partial charge >= 0.3 is 0 Å². The summed E-state index contributed by atoms with van der Waals surface area (Å²) < 4.78 is 9.58. The number of aryl methyl sites for hydroxylation is 1. The molecule has 3 heterocycles. The highest BCUT2D eigenvalue weighted by Crippen LogP contribution is 2.23. The highest BCUT2D eigenvalue weighted by molar-refractivity contribution is 5.92. The molecular weight excluding hydrogens is 512 g/mol. The van der Waals surface area contributed by atoms with Crippen LogP contribution >= 0.6 is 0 Å². The van der Waals surface area contributed by atoms with Crippen molar-refractivity contribution >= 4 is 5.91 Å². The second-order valence-corrected chi connectivity index (χ2v) is 10.4. The van der Waals surface area contributed by atoms with Crippen molar-refractivity contribution in [3.8, 4) is 22.6 Å². The van der Waals surface area contributed by atoms with Crippen LogP contribution in [-0.2, 0) is 13.3 Å². The smallest absolute Gasteiger partial charge is 0.274 e. The standard InChI is InChI=1S/C33H34N6O2/c1-25-31(26(2)39(34-25)29-11-7-4-8-12-29)23-36-19-21-37(22-20-36)33(40)32-17-18-38(35-32)24-41-30-15-13-28(14-16-30)27-9-5-3-6-10-27/h3-18H,19-24H2,1-2H3. The maximum atomic E-state index is 13.2. The molecule has 1 aliphatic heterocycles. The van der Waals surface area contributed by atoms with Gasteiger partial charge in [-0.25, -0.2) is 9.36 Å². The van der Waals surface area contributed by atoms with Crippen LogP contribution in [0.1, 0.15) is 27.4 Å². The van der Waals surface area contributed by atoms with Gasteiger partial charge in [-0.1, -0.05) is 60.7 Å². The zero-order chi connectivity index (χ0) is 28.2. The lowest BCUT2D eigenvalue weighted by atomic mass is 10.1. The fraction of sp³-hybridized carbons (Fsp3) is 0.242. The molecule has 0 N–H and O–H groups in total. The Hall–Kier alpha value is -4.69. The molecule has 0 bridgehead atoms. The second kappa shape index (κ2) is 11.8. The van der Waals surface area contributed by atoms with E-state index in [4.69, 9.17) is 9.84 Å². The number of nitrogens with zero attached hydrogens (tertiary/aromatic N) is 6. The summed E-state index contributed by atoms with van der Waals surface area (Å²) in [5.41, 5.74) is 7.27. The Labute approximate surface area is 240 Å². The molecule has 1 aliphatic rings. The minimum absolute atomic E-state index is 0.0418. The van der Waals surface area contributed by atoms with Gasteiger partial charge in [-0.2, -0.15) is 10.2 Å². The van der Waals surface area contributed by atoms with Gasteiger partial charge in [0, 0.05) is 50.2 Å². The highest BCUT2D eigenvalue weighted by atomic mass is 16.5. The monoisotopic (exact) mass is 546 g/mol. The van der Waals surface area contributed by atoms with Crippen LogP contribution in [0.25, 0.3) is 16.8 Å². The van der Waals surface area contributed by atoms with E-state index in [0.717, 1.165) is 48.0 Å². The molecule has 6 rings (SSSR count). The van der Waals surface area contributed by atoms with Gasteiger partial charge in [0.15, 0.2) is 12.4 Å². The van der Waals surface area contributed by atoms with E-state index in [9.17, 15) is 4.79 Å². The van der Waals surface area contributed by atoms with E-state index in [0.29, 0.717) is 18.8 Å². The van der Waals surface area contributed by atoms with Crippen molar-refractivity contribution < 1.29 is 9.53 Å². The van der Waals surface area contributed by atoms with E-state index in [1.54, 1.807) is 16.9 Å². The van der Waals surface area contributed by atoms with Crippen LogP contribution in [0.5, 0.6) is 5.75 Å². The molecule has 0 saturated carbocycles. The number of benzene rings is 3.